The molecule has 1 aromatic carbocycles. The zero-order valence-corrected chi connectivity index (χ0v) is 17.6. The van der Waals surface area contributed by atoms with Gasteiger partial charge in [0.05, 0.1) is 0 Å². The number of benzene rings is 1. The Morgan fingerprint density at radius 3 is 2.44 bits per heavy atom. The van der Waals surface area contributed by atoms with Crippen molar-refractivity contribution >= 4 is 35.8 Å². The van der Waals surface area contributed by atoms with Gasteiger partial charge in [-0.1, -0.05) is 12.1 Å². The lowest BCUT2D eigenvalue weighted by molar-refractivity contribution is -0.181. The van der Waals surface area contributed by atoms with E-state index in [-0.39, 0.29) is 24.0 Å². The first-order chi connectivity index (χ1) is 12.2. The minimum atomic E-state index is -4.21. The van der Waals surface area contributed by atoms with Crippen LogP contribution in [-0.4, -0.2) is 67.1 Å². The average molecular weight is 499 g/mol. The molecule has 0 aromatic heterocycles. The maximum Gasteiger partial charge on any atom is 0.403 e. The predicted octanol–water partition coefficient (Wildman–Crippen LogP) is 2.05. The Hall–Kier alpha value is -1.56. The summed E-state index contributed by atoms with van der Waals surface area (Å²) in [5.74, 6) is 0.125. The standard InChI is InChI=1S/C17H24F3N5O.HI/c1-12(17(18,19)20)24-6-8-25(9-7-24)16(22-2)23-11-13-4-3-5-14(10-13)15(21)26;/h3-5,10,12H,6-9,11H2,1-2H3,(H2,21,26)(H,22,23);1H. The third-order valence-electron chi connectivity index (χ3n) is 4.51. The summed E-state index contributed by atoms with van der Waals surface area (Å²) in [7, 11) is 1.63. The highest BCUT2D eigenvalue weighted by Gasteiger charge is 2.41. The van der Waals surface area contributed by atoms with E-state index in [0.717, 1.165) is 5.56 Å². The summed E-state index contributed by atoms with van der Waals surface area (Å²) in [5, 5.41) is 3.18. The molecule has 27 heavy (non-hydrogen) atoms. The van der Waals surface area contributed by atoms with Crippen LogP contribution in [0, 0.1) is 0 Å². The van der Waals surface area contributed by atoms with Crippen LogP contribution in [0.3, 0.4) is 0 Å². The van der Waals surface area contributed by atoms with Crippen LogP contribution in [0.2, 0.25) is 0 Å². The fraction of sp³-hybridized carbons (Fsp3) is 0.529. The average Bonchev–Trinajstić information content (AvgIpc) is 2.61. The van der Waals surface area contributed by atoms with Gasteiger partial charge in [-0.15, -0.1) is 24.0 Å². The molecule has 3 N–H and O–H groups in total. The number of alkyl halides is 3. The number of amides is 1. The monoisotopic (exact) mass is 499 g/mol. The van der Waals surface area contributed by atoms with E-state index in [1.807, 2.05) is 11.0 Å². The Kier molecular flexibility index (Phi) is 8.79. The maximum absolute atomic E-state index is 12.8. The summed E-state index contributed by atoms with van der Waals surface area (Å²) < 4.78 is 38.5. The van der Waals surface area contributed by atoms with Gasteiger partial charge in [-0.25, -0.2) is 0 Å². The number of carbonyl (C=O) groups excluding carboxylic acids is 1. The number of hydrogen-bond acceptors (Lipinski definition) is 3. The molecule has 1 amide bonds. The van der Waals surface area contributed by atoms with Gasteiger partial charge in [0.25, 0.3) is 0 Å². The minimum Gasteiger partial charge on any atom is -0.366 e. The second-order valence-corrected chi connectivity index (χ2v) is 6.21. The number of nitrogens with zero attached hydrogens (tertiary/aromatic N) is 3. The summed E-state index contributed by atoms with van der Waals surface area (Å²) in [4.78, 5) is 18.8. The van der Waals surface area contributed by atoms with E-state index in [9.17, 15) is 18.0 Å². The number of nitrogens with one attached hydrogen (secondary N) is 1. The van der Waals surface area contributed by atoms with Gasteiger partial charge < -0.3 is 16.0 Å². The molecule has 0 aliphatic carbocycles. The number of halogens is 4. The van der Waals surface area contributed by atoms with E-state index < -0.39 is 18.1 Å². The third-order valence-corrected chi connectivity index (χ3v) is 4.51. The lowest BCUT2D eigenvalue weighted by Gasteiger charge is -2.39. The highest BCUT2D eigenvalue weighted by atomic mass is 127. The highest BCUT2D eigenvalue weighted by Crippen LogP contribution is 2.25. The summed E-state index contributed by atoms with van der Waals surface area (Å²) in [6.45, 7) is 3.18. The van der Waals surface area contributed by atoms with E-state index in [1.165, 1.54) is 11.8 Å². The molecule has 1 atom stereocenters. The SMILES string of the molecule is CN=C(NCc1cccc(C(N)=O)c1)N1CCN(C(C)C(F)(F)F)CC1.I. The third kappa shape index (κ3) is 6.52. The second kappa shape index (κ2) is 10.1. The van der Waals surface area contributed by atoms with Gasteiger partial charge in [0, 0.05) is 45.3 Å². The first-order valence-electron chi connectivity index (χ1n) is 8.37. The topological polar surface area (TPSA) is 74.0 Å². The van der Waals surface area contributed by atoms with Gasteiger partial charge in [0.1, 0.15) is 6.04 Å². The molecule has 1 aliphatic heterocycles. The Labute approximate surface area is 174 Å². The number of hydrogen-bond donors (Lipinski definition) is 2. The van der Waals surface area contributed by atoms with Crippen LogP contribution in [0.1, 0.15) is 22.8 Å². The van der Waals surface area contributed by atoms with Crippen molar-refractivity contribution in [2.45, 2.75) is 25.7 Å². The lowest BCUT2D eigenvalue weighted by atomic mass is 10.1. The number of primary amides is 1. The van der Waals surface area contributed by atoms with Crippen molar-refractivity contribution in [1.29, 1.82) is 0 Å². The lowest BCUT2D eigenvalue weighted by Crippen LogP contribution is -2.56. The molecule has 6 nitrogen and oxygen atoms in total. The Morgan fingerprint density at radius 2 is 1.93 bits per heavy atom. The number of aliphatic imine (C=N–C) groups is 1. The van der Waals surface area contributed by atoms with E-state index in [4.69, 9.17) is 5.73 Å². The van der Waals surface area contributed by atoms with E-state index >= 15 is 0 Å². The molecule has 0 saturated carbocycles. The smallest absolute Gasteiger partial charge is 0.366 e. The molecule has 2 rings (SSSR count). The zero-order chi connectivity index (χ0) is 19.3. The fourth-order valence-electron chi connectivity index (χ4n) is 2.88. The van der Waals surface area contributed by atoms with E-state index in [0.29, 0.717) is 44.2 Å². The summed E-state index contributed by atoms with van der Waals surface area (Å²) in [5.41, 5.74) is 6.57. The Morgan fingerprint density at radius 1 is 1.30 bits per heavy atom. The molecule has 1 unspecified atom stereocenters. The Balaban J connectivity index is 0.00000364. The molecule has 152 valence electrons. The molecule has 0 bridgehead atoms. The van der Waals surface area contributed by atoms with Crippen LogP contribution in [0.4, 0.5) is 13.2 Å². The highest BCUT2D eigenvalue weighted by molar-refractivity contribution is 14.0. The number of carbonyl (C=O) groups is 1. The summed E-state index contributed by atoms with van der Waals surface area (Å²) in [6, 6.07) is 5.50. The van der Waals surface area contributed by atoms with Gasteiger partial charge >= 0.3 is 6.18 Å². The van der Waals surface area contributed by atoms with Crippen LogP contribution >= 0.6 is 24.0 Å². The van der Waals surface area contributed by atoms with Gasteiger partial charge in [-0.3, -0.25) is 14.7 Å². The van der Waals surface area contributed by atoms with Gasteiger partial charge in [-0.05, 0) is 24.6 Å². The molecule has 1 fully saturated rings. The quantitative estimate of drug-likeness (QED) is 0.378. The number of guanidine groups is 1. The zero-order valence-electron chi connectivity index (χ0n) is 15.3. The van der Waals surface area contributed by atoms with Crippen LogP contribution in [0.15, 0.2) is 29.3 Å². The second-order valence-electron chi connectivity index (χ2n) is 6.21. The van der Waals surface area contributed by atoms with Crippen molar-refractivity contribution < 1.29 is 18.0 Å². The molecule has 1 heterocycles. The van der Waals surface area contributed by atoms with Crippen molar-refractivity contribution in [2.75, 3.05) is 33.2 Å². The van der Waals surface area contributed by atoms with Crippen molar-refractivity contribution in [2.24, 2.45) is 10.7 Å². The van der Waals surface area contributed by atoms with Crippen molar-refractivity contribution in [3.63, 3.8) is 0 Å². The normalized spacial score (nSPS) is 17.2. The van der Waals surface area contributed by atoms with Crippen LogP contribution in [0.5, 0.6) is 0 Å². The molecular formula is C17H25F3IN5O. The van der Waals surface area contributed by atoms with Crippen molar-refractivity contribution in [3.05, 3.63) is 35.4 Å². The first-order valence-corrected chi connectivity index (χ1v) is 8.37. The van der Waals surface area contributed by atoms with Crippen molar-refractivity contribution in [1.82, 2.24) is 15.1 Å². The van der Waals surface area contributed by atoms with Crippen LogP contribution in [0.25, 0.3) is 0 Å². The number of rotatable bonds is 4. The fourth-order valence-corrected chi connectivity index (χ4v) is 2.88. The molecular weight excluding hydrogens is 474 g/mol. The molecule has 0 spiro atoms. The molecule has 1 aromatic rings. The molecule has 10 heteroatoms. The van der Waals surface area contributed by atoms with Gasteiger partial charge in [-0.2, -0.15) is 13.2 Å². The predicted molar refractivity (Wildman–Crippen MR) is 109 cm³/mol. The molecule has 1 aliphatic rings. The van der Waals surface area contributed by atoms with Crippen LogP contribution in [-0.2, 0) is 6.54 Å². The Bertz CT molecular complexity index is 660. The van der Waals surface area contributed by atoms with E-state index in [2.05, 4.69) is 10.3 Å². The molecule has 0 radical (unpaired) electrons. The van der Waals surface area contributed by atoms with E-state index in [1.54, 1.807) is 25.2 Å². The van der Waals surface area contributed by atoms with Crippen LogP contribution < -0.4 is 11.1 Å². The number of piperazine rings is 1. The largest absolute Gasteiger partial charge is 0.403 e. The first kappa shape index (κ1) is 23.5. The summed E-state index contributed by atoms with van der Waals surface area (Å²) in [6.07, 6.45) is -4.21. The van der Waals surface area contributed by atoms with Gasteiger partial charge in [0.2, 0.25) is 5.91 Å². The van der Waals surface area contributed by atoms with Gasteiger partial charge in [0.15, 0.2) is 5.96 Å². The molecule has 1 saturated heterocycles. The maximum atomic E-state index is 12.8. The van der Waals surface area contributed by atoms with Crippen molar-refractivity contribution in [3.8, 4) is 0 Å². The minimum absolute atomic E-state index is 0. The summed E-state index contributed by atoms with van der Waals surface area (Å²) >= 11 is 0. The number of nitrogens with two attached hydrogens (primary N) is 1.